The maximum absolute atomic E-state index is 13.2. The Hall–Kier alpha value is -2.38. The van der Waals surface area contributed by atoms with Crippen LogP contribution >= 0.6 is 0 Å². The van der Waals surface area contributed by atoms with Crippen molar-refractivity contribution < 1.29 is 18.0 Å². The topological polar surface area (TPSA) is 64.0 Å². The van der Waals surface area contributed by atoms with E-state index in [9.17, 15) is 22.8 Å². The van der Waals surface area contributed by atoms with Crippen molar-refractivity contribution in [2.45, 2.75) is 31.9 Å². The molecular formula is C15H14F3N3O2. The Labute approximate surface area is 129 Å². The van der Waals surface area contributed by atoms with E-state index in [0.29, 0.717) is 4.79 Å². The van der Waals surface area contributed by atoms with Crippen molar-refractivity contribution >= 4 is 16.7 Å². The lowest BCUT2D eigenvalue weighted by molar-refractivity contribution is -0.141. The molecule has 122 valence electrons. The van der Waals surface area contributed by atoms with Crippen LogP contribution in [-0.2, 0) is 11.0 Å². The third-order valence-electron chi connectivity index (χ3n) is 4.00. The molecule has 0 aliphatic heterocycles. The van der Waals surface area contributed by atoms with Crippen LogP contribution in [0.1, 0.15) is 31.4 Å². The van der Waals surface area contributed by atoms with Crippen LogP contribution < -0.4 is 11.0 Å². The Morgan fingerprint density at radius 2 is 1.91 bits per heavy atom. The molecule has 0 radical (unpaired) electrons. The molecule has 0 bridgehead atoms. The second kappa shape index (κ2) is 5.68. The van der Waals surface area contributed by atoms with Gasteiger partial charge in [0.2, 0.25) is 5.91 Å². The van der Waals surface area contributed by atoms with Gasteiger partial charge in [-0.1, -0.05) is 24.6 Å². The second-order valence-electron chi connectivity index (χ2n) is 5.64. The first-order chi connectivity index (χ1) is 10.9. The summed E-state index contributed by atoms with van der Waals surface area (Å²) in [7, 11) is 0. The maximum Gasteiger partial charge on any atom is 0.435 e. The number of carbonyl (C=O) groups excluding carboxylic acids is 1. The molecule has 1 aromatic carbocycles. The van der Waals surface area contributed by atoms with Crippen molar-refractivity contribution in [1.82, 2.24) is 9.89 Å². The van der Waals surface area contributed by atoms with Crippen molar-refractivity contribution in [1.29, 1.82) is 0 Å². The summed E-state index contributed by atoms with van der Waals surface area (Å²) in [6.45, 7) is 0. The minimum Gasteiger partial charge on any atom is -0.273 e. The quantitative estimate of drug-likeness (QED) is 0.943. The van der Waals surface area contributed by atoms with Crippen molar-refractivity contribution in [3.05, 3.63) is 40.3 Å². The van der Waals surface area contributed by atoms with E-state index in [1.165, 1.54) is 24.3 Å². The molecule has 1 aromatic heterocycles. The zero-order chi connectivity index (χ0) is 16.6. The largest absolute Gasteiger partial charge is 0.435 e. The van der Waals surface area contributed by atoms with Crippen LogP contribution in [0, 0.1) is 5.92 Å². The van der Waals surface area contributed by atoms with Gasteiger partial charge in [-0.2, -0.15) is 13.2 Å². The number of hydrogen-bond donors (Lipinski definition) is 1. The fraction of sp³-hybridized carbons (Fsp3) is 0.400. The summed E-state index contributed by atoms with van der Waals surface area (Å²) >= 11 is 0. The molecule has 2 aromatic rings. The number of hydrogen-bond acceptors (Lipinski definition) is 3. The van der Waals surface area contributed by atoms with Gasteiger partial charge in [0.25, 0.3) is 5.56 Å². The number of fused-ring (bicyclic) bond motifs is 1. The highest BCUT2D eigenvalue weighted by Gasteiger charge is 2.36. The highest BCUT2D eigenvalue weighted by atomic mass is 19.4. The number of halogens is 3. The predicted molar refractivity (Wildman–Crippen MR) is 77.3 cm³/mol. The Morgan fingerprint density at radius 3 is 2.48 bits per heavy atom. The van der Waals surface area contributed by atoms with E-state index in [4.69, 9.17) is 0 Å². The van der Waals surface area contributed by atoms with E-state index in [1.54, 1.807) is 0 Å². The minimum absolute atomic E-state index is 0.140. The average molecular weight is 325 g/mol. The summed E-state index contributed by atoms with van der Waals surface area (Å²) in [4.78, 5) is 24.5. The zero-order valence-electron chi connectivity index (χ0n) is 12.1. The number of alkyl halides is 3. The normalized spacial score (nSPS) is 15.4. The Bertz CT molecular complexity index is 810. The summed E-state index contributed by atoms with van der Waals surface area (Å²) < 4.78 is 39.5. The number of carbonyl (C=O) groups is 1. The molecule has 1 aliphatic carbocycles. The smallest absolute Gasteiger partial charge is 0.273 e. The van der Waals surface area contributed by atoms with Gasteiger partial charge in [0.05, 0.1) is 5.39 Å². The van der Waals surface area contributed by atoms with Crippen LogP contribution in [0.5, 0.6) is 0 Å². The second-order valence-corrected chi connectivity index (χ2v) is 5.64. The predicted octanol–water partition coefficient (Wildman–Crippen LogP) is 2.68. The van der Waals surface area contributed by atoms with E-state index < -0.39 is 23.3 Å². The van der Waals surface area contributed by atoms with Crippen LogP contribution in [-0.4, -0.2) is 15.8 Å². The molecule has 0 saturated heterocycles. The molecule has 1 amide bonds. The summed E-state index contributed by atoms with van der Waals surface area (Å²) in [6, 6.07) is 5.33. The number of rotatable bonds is 3. The van der Waals surface area contributed by atoms with Gasteiger partial charge in [0.1, 0.15) is 0 Å². The highest BCUT2D eigenvalue weighted by Crippen LogP contribution is 2.32. The third kappa shape index (κ3) is 3.06. The van der Waals surface area contributed by atoms with Crippen LogP contribution in [0.3, 0.4) is 0 Å². The van der Waals surface area contributed by atoms with Crippen LogP contribution in [0.25, 0.3) is 10.8 Å². The number of nitrogens with zero attached hydrogens (tertiary/aromatic N) is 2. The fourth-order valence-corrected chi connectivity index (χ4v) is 2.60. The lowest BCUT2D eigenvalue weighted by Crippen LogP contribution is -2.38. The van der Waals surface area contributed by atoms with E-state index in [1.807, 2.05) is 0 Å². The Balaban J connectivity index is 2.01. The van der Waals surface area contributed by atoms with Gasteiger partial charge in [0.15, 0.2) is 5.69 Å². The van der Waals surface area contributed by atoms with Gasteiger partial charge in [-0.3, -0.25) is 9.59 Å². The summed E-state index contributed by atoms with van der Waals surface area (Å²) in [5.74, 6) is -0.277. The summed E-state index contributed by atoms with van der Waals surface area (Å²) in [5.41, 5.74) is 0.189. The van der Waals surface area contributed by atoms with Gasteiger partial charge < -0.3 is 0 Å². The van der Waals surface area contributed by atoms with Crippen molar-refractivity contribution in [3.63, 3.8) is 0 Å². The first kappa shape index (κ1) is 15.5. The van der Waals surface area contributed by atoms with Crippen LogP contribution in [0.15, 0.2) is 29.1 Å². The molecule has 0 unspecified atom stereocenters. The molecule has 1 heterocycles. The molecule has 23 heavy (non-hydrogen) atoms. The zero-order valence-corrected chi connectivity index (χ0v) is 12.1. The molecule has 3 rings (SSSR count). The van der Waals surface area contributed by atoms with Crippen molar-refractivity contribution in [2.75, 3.05) is 5.43 Å². The summed E-state index contributed by atoms with van der Waals surface area (Å²) in [5, 5.41) is 2.89. The highest BCUT2D eigenvalue weighted by molar-refractivity contribution is 5.86. The molecule has 1 saturated carbocycles. The lowest BCUT2D eigenvalue weighted by atomic mass is 9.83. The number of amides is 1. The molecule has 0 spiro atoms. The fourth-order valence-electron chi connectivity index (χ4n) is 2.60. The summed E-state index contributed by atoms with van der Waals surface area (Å²) in [6.07, 6.45) is -1.66. The van der Waals surface area contributed by atoms with E-state index in [2.05, 4.69) is 10.5 Å². The van der Waals surface area contributed by atoms with Crippen LogP contribution in [0.2, 0.25) is 0 Å². The Kier molecular flexibility index (Phi) is 3.83. The first-order valence-electron chi connectivity index (χ1n) is 7.25. The molecule has 1 aliphatic rings. The van der Waals surface area contributed by atoms with E-state index in [-0.39, 0.29) is 23.1 Å². The lowest BCUT2D eigenvalue weighted by Gasteiger charge is -2.24. The van der Waals surface area contributed by atoms with Gasteiger partial charge in [-0.05, 0) is 24.8 Å². The standard InChI is InChI=1S/C15H14F3N3O2/c16-15(17,18)13-10-6-1-2-7-11(10)14(23)21(20-13)19-12(22)8-9-4-3-5-9/h1-2,6-7,9H,3-5,8H2,(H,19,22). The van der Waals surface area contributed by atoms with E-state index >= 15 is 0 Å². The van der Waals surface area contributed by atoms with E-state index in [0.717, 1.165) is 19.3 Å². The van der Waals surface area contributed by atoms with Gasteiger partial charge in [-0.15, -0.1) is 9.89 Å². The first-order valence-corrected chi connectivity index (χ1v) is 7.25. The number of aromatic nitrogens is 2. The van der Waals surface area contributed by atoms with Crippen molar-refractivity contribution in [2.24, 2.45) is 5.92 Å². The average Bonchev–Trinajstić information content (AvgIpc) is 2.45. The molecule has 5 nitrogen and oxygen atoms in total. The molecule has 1 N–H and O–H groups in total. The van der Waals surface area contributed by atoms with Gasteiger partial charge in [-0.25, -0.2) is 5.43 Å². The molecular weight excluding hydrogens is 311 g/mol. The van der Waals surface area contributed by atoms with Gasteiger partial charge in [0, 0.05) is 11.8 Å². The number of benzene rings is 1. The SMILES string of the molecule is O=C(CC1CCC1)Nn1nc(C(F)(F)F)c2ccccc2c1=O. The molecule has 8 heteroatoms. The Morgan fingerprint density at radius 1 is 1.26 bits per heavy atom. The minimum atomic E-state index is -4.73. The van der Waals surface area contributed by atoms with Gasteiger partial charge >= 0.3 is 6.18 Å². The molecule has 1 fully saturated rings. The maximum atomic E-state index is 13.2. The van der Waals surface area contributed by atoms with Crippen molar-refractivity contribution in [3.8, 4) is 0 Å². The third-order valence-corrected chi connectivity index (χ3v) is 4.00. The monoisotopic (exact) mass is 325 g/mol. The number of nitrogens with one attached hydrogen (secondary N) is 1. The van der Waals surface area contributed by atoms with Crippen LogP contribution in [0.4, 0.5) is 13.2 Å². The molecule has 0 atom stereocenters.